The molecule has 1 aromatic rings. The Kier molecular flexibility index (Phi) is 5.49. The summed E-state index contributed by atoms with van der Waals surface area (Å²) in [4.78, 5) is 2.53. The van der Waals surface area contributed by atoms with Gasteiger partial charge in [-0.1, -0.05) is 12.1 Å². The lowest BCUT2D eigenvalue weighted by Crippen LogP contribution is -2.21. The molecule has 0 saturated carbocycles. The quantitative estimate of drug-likeness (QED) is 0.749. The van der Waals surface area contributed by atoms with Crippen molar-refractivity contribution in [3.05, 3.63) is 29.8 Å². The van der Waals surface area contributed by atoms with Crippen LogP contribution in [0.15, 0.2) is 24.3 Å². The highest BCUT2D eigenvalue weighted by atomic mass is 16.5. The molecule has 100 valence electrons. The lowest BCUT2D eigenvalue weighted by Gasteiger charge is -2.14. The van der Waals surface area contributed by atoms with Gasteiger partial charge in [-0.15, -0.1) is 0 Å². The van der Waals surface area contributed by atoms with Gasteiger partial charge >= 0.3 is 0 Å². The lowest BCUT2D eigenvalue weighted by atomic mass is 10.2. The van der Waals surface area contributed by atoms with E-state index < -0.39 is 0 Å². The van der Waals surface area contributed by atoms with Crippen molar-refractivity contribution in [3.63, 3.8) is 0 Å². The van der Waals surface area contributed by atoms with E-state index in [1.807, 2.05) is 7.05 Å². The molecule has 2 rings (SSSR count). The van der Waals surface area contributed by atoms with Gasteiger partial charge < -0.3 is 15.0 Å². The van der Waals surface area contributed by atoms with E-state index in [4.69, 9.17) is 4.74 Å². The summed E-state index contributed by atoms with van der Waals surface area (Å²) >= 11 is 0. The smallest absolute Gasteiger partial charge is 0.119 e. The highest BCUT2D eigenvalue weighted by Gasteiger charge is 2.10. The lowest BCUT2D eigenvalue weighted by molar-refractivity contribution is 0.263. The molecule has 1 heterocycles. The molecular weight excluding hydrogens is 224 g/mol. The van der Waals surface area contributed by atoms with E-state index in [2.05, 4.69) is 34.5 Å². The minimum atomic E-state index is 0.821. The number of ether oxygens (including phenoxy) is 1. The number of likely N-dealkylation sites (tertiary alicyclic amines) is 1. The van der Waals surface area contributed by atoms with Crippen LogP contribution in [0.4, 0.5) is 0 Å². The Morgan fingerprint density at radius 3 is 2.56 bits per heavy atom. The first kappa shape index (κ1) is 13.4. The molecule has 0 aromatic heterocycles. The van der Waals surface area contributed by atoms with Gasteiger partial charge in [0, 0.05) is 13.1 Å². The third-order valence-electron chi connectivity index (χ3n) is 3.39. The number of benzene rings is 1. The summed E-state index contributed by atoms with van der Waals surface area (Å²) in [5, 5.41) is 3.14. The summed E-state index contributed by atoms with van der Waals surface area (Å²) in [6.07, 6.45) is 3.86. The second-order valence-electron chi connectivity index (χ2n) is 4.93. The van der Waals surface area contributed by atoms with Crippen LogP contribution in [0.1, 0.15) is 24.8 Å². The Balaban J connectivity index is 1.63. The Morgan fingerprint density at radius 1 is 1.17 bits per heavy atom. The average Bonchev–Trinajstić information content (AvgIpc) is 2.90. The molecule has 0 atom stereocenters. The van der Waals surface area contributed by atoms with Crippen LogP contribution < -0.4 is 10.1 Å². The molecule has 0 amide bonds. The summed E-state index contributed by atoms with van der Waals surface area (Å²) < 4.78 is 5.75. The number of nitrogens with one attached hydrogen (secondary N) is 1. The highest BCUT2D eigenvalue weighted by molar-refractivity contribution is 5.27. The maximum Gasteiger partial charge on any atom is 0.119 e. The van der Waals surface area contributed by atoms with E-state index in [1.54, 1.807) is 0 Å². The Morgan fingerprint density at radius 2 is 1.89 bits per heavy atom. The van der Waals surface area contributed by atoms with Crippen molar-refractivity contribution < 1.29 is 4.74 Å². The van der Waals surface area contributed by atoms with Gasteiger partial charge in [0.15, 0.2) is 0 Å². The van der Waals surface area contributed by atoms with Crippen molar-refractivity contribution in [2.75, 3.05) is 33.3 Å². The number of hydrogen-bond acceptors (Lipinski definition) is 3. The third-order valence-corrected chi connectivity index (χ3v) is 3.39. The fourth-order valence-corrected chi connectivity index (χ4v) is 2.39. The summed E-state index contributed by atoms with van der Waals surface area (Å²) in [5.41, 5.74) is 1.29. The molecule has 1 aromatic carbocycles. The van der Waals surface area contributed by atoms with Crippen molar-refractivity contribution in [3.8, 4) is 5.75 Å². The van der Waals surface area contributed by atoms with Crippen molar-refractivity contribution in [1.29, 1.82) is 0 Å². The van der Waals surface area contributed by atoms with Crippen LogP contribution in [0.5, 0.6) is 5.75 Å². The molecule has 0 unspecified atom stereocenters. The fraction of sp³-hybridized carbons (Fsp3) is 0.600. The normalized spacial score (nSPS) is 16.1. The van der Waals surface area contributed by atoms with Crippen LogP contribution >= 0.6 is 0 Å². The number of hydrogen-bond donors (Lipinski definition) is 1. The zero-order valence-corrected chi connectivity index (χ0v) is 11.3. The Labute approximate surface area is 110 Å². The molecule has 1 fully saturated rings. The zero-order chi connectivity index (χ0) is 12.6. The SMILES string of the molecule is CNCc1ccc(OCCCN2CCCC2)cc1. The van der Waals surface area contributed by atoms with Crippen LogP contribution in [0.25, 0.3) is 0 Å². The highest BCUT2D eigenvalue weighted by Crippen LogP contribution is 2.13. The first-order valence-electron chi connectivity index (χ1n) is 6.97. The molecule has 0 aliphatic carbocycles. The maximum absolute atomic E-state index is 5.75. The van der Waals surface area contributed by atoms with Gasteiger partial charge in [-0.05, 0) is 57.1 Å². The van der Waals surface area contributed by atoms with E-state index in [0.29, 0.717) is 0 Å². The van der Waals surface area contributed by atoms with Crippen molar-refractivity contribution in [2.45, 2.75) is 25.8 Å². The molecule has 0 bridgehead atoms. The predicted octanol–water partition coefficient (Wildman–Crippen LogP) is 2.27. The van der Waals surface area contributed by atoms with Gasteiger partial charge in [-0.2, -0.15) is 0 Å². The van der Waals surface area contributed by atoms with E-state index in [-0.39, 0.29) is 0 Å². The molecule has 1 aliphatic rings. The molecule has 3 nitrogen and oxygen atoms in total. The topological polar surface area (TPSA) is 24.5 Å². The van der Waals surface area contributed by atoms with Crippen LogP contribution in [0.3, 0.4) is 0 Å². The second kappa shape index (κ2) is 7.39. The molecule has 1 N–H and O–H groups in total. The minimum Gasteiger partial charge on any atom is -0.494 e. The van der Waals surface area contributed by atoms with Crippen LogP contribution in [0.2, 0.25) is 0 Å². The Bertz CT molecular complexity index is 331. The van der Waals surface area contributed by atoms with Crippen molar-refractivity contribution >= 4 is 0 Å². The molecule has 18 heavy (non-hydrogen) atoms. The second-order valence-corrected chi connectivity index (χ2v) is 4.93. The molecular formula is C15H24N2O. The summed E-state index contributed by atoms with van der Waals surface area (Å²) in [6, 6.07) is 8.35. The van der Waals surface area contributed by atoms with E-state index >= 15 is 0 Å². The molecule has 1 aliphatic heterocycles. The minimum absolute atomic E-state index is 0.821. The van der Waals surface area contributed by atoms with E-state index in [9.17, 15) is 0 Å². The molecule has 1 saturated heterocycles. The largest absolute Gasteiger partial charge is 0.494 e. The first-order valence-corrected chi connectivity index (χ1v) is 6.97. The van der Waals surface area contributed by atoms with Gasteiger partial charge in [0.2, 0.25) is 0 Å². The fourth-order valence-electron chi connectivity index (χ4n) is 2.39. The Hall–Kier alpha value is -1.06. The first-order chi connectivity index (χ1) is 8.88. The molecule has 3 heteroatoms. The zero-order valence-electron chi connectivity index (χ0n) is 11.3. The van der Waals surface area contributed by atoms with Gasteiger partial charge in [0.05, 0.1) is 6.61 Å². The summed E-state index contributed by atoms with van der Waals surface area (Å²) in [6.45, 7) is 5.46. The van der Waals surface area contributed by atoms with Gasteiger partial charge in [0.25, 0.3) is 0 Å². The van der Waals surface area contributed by atoms with Crippen molar-refractivity contribution in [2.24, 2.45) is 0 Å². The van der Waals surface area contributed by atoms with Crippen molar-refractivity contribution in [1.82, 2.24) is 10.2 Å². The van der Waals surface area contributed by atoms with E-state index in [0.717, 1.165) is 25.3 Å². The van der Waals surface area contributed by atoms with Crippen LogP contribution in [0, 0.1) is 0 Å². The predicted molar refractivity (Wildman–Crippen MR) is 75.0 cm³/mol. The van der Waals surface area contributed by atoms with Gasteiger partial charge in [0.1, 0.15) is 5.75 Å². The summed E-state index contributed by atoms with van der Waals surface area (Å²) in [5.74, 6) is 0.983. The van der Waals surface area contributed by atoms with Gasteiger partial charge in [-0.3, -0.25) is 0 Å². The standard InChI is InChI=1S/C15H24N2O/c1-16-13-14-5-7-15(8-6-14)18-12-4-11-17-9-2-3-10-17/h5-8,16H,2-4,9-13H2,1H3. The monoisotopic (exact) mass is 248 g/mol. The summed E-state index contributed by atoms with van der Waals surface area (Å²) in [7, 11) is 1.96. The molecule has 0 radical (unpaired) electrons. The number of rotatable bonds is 7. The maximum atomic E-state index is 5.75. The van der Waals surface area contributed by atoms with Crippen LogP contribution in [-0.2, 0) is 6.54 Å². The molecule has 0 spiro atoms. The van der Waals surface area contributed by atoms with Crippen LogP contribution in [-0.4, -0.2) is 38.2 Å². The third kappa shape index (κ3) is 4.31. The van der Waals surface area contributed by atoms with Gasteiger partial charge in [-0.25, -0.2) is 0 Å². The average molecular weight is 248 g/mol. The van der Waals surface area contributed by atoms with E-state index in [1.165, 1.54) is 38.0 Å². The number of nitrogens with zero attached hydrogens (tertiary/aromatic N) is 1.